The van der Waals surface area contributed by atoms with Crippen molar-refractivity contribution in [2.45, 2.75) is 6.42 Å². The minimum Gasteiger partial charge on any atom is -0.484 e. The van der Waals surface area contributed by atoms with Crippen LogP contribution < -0.4 is 10.1 Å². The van der Waals surface area contributed by atoms with Gasteiger partial charge in [-0.3, -0.25) is 4.79 Å². The molecule has 0 fully saturated rings. The van der Waals surface area contributed by atoms with Crippen molar-refractivity contribution in [3.63, 3.8) is 0 Å². The van der Waals surface area contributed by atoms with Gasteiger partial charge in [0.05, 0.1) is 0 Å². The molecule has 1 rings (SSSR count). The quantitative estimate of drug-likeness (QED) is 0.577. The third kappa shape index (κ3) is 4.72. The topological polar surface area (TPSA) is 38.3 Å². The molecular formula is C12H13NO2. The number of para-hydroxylation sites is 1. The highest BCUT2D eigenvalue weighted by Crippen LogP contribution is 2.07. The van der Waals surface area contributed by atoms with E-state index in [0.717, 1.165) is 0 Å². The standard InChI is InChI=1S/C12H13NO2/c1-2-3-9-13-12(14)10-15-11-7-5-4-6-8-11/h1,4-8H,3,9-10H2,(H,13,14). The summed E-state index contributed by atoms with van der Waals surface area (Å²) in [5.41, 5.74) is 0. The van der Waals surface area contributed by atoms with Crippen LogP contribution >= 0.6 is 0 Å². The smallest absolute Gasteiger partial charge is 0.257 e. The zero-order valence-electron chi connectivity index (χ0n) is 8.40. The number of carbonyl (C=O) groups is 1. The third-order valence-electron chi connectivity index (χ3n) is 1.70. The van der Waals surface area contributed by atoms with E-state index in [0.29, 0.717) is 18.7 Å². The first kappa shape index (κ1) is 11.1. The molecule has 0 atom stereocenters. The summed E-state index contributed by atoms with van der Waals surface area (Å²) in [4.78, 5) is 11.2. The van der Waals surface area contributed by atoms with Gasteiger partial charge >= 0.3 is 0 Å². The van der Waals surface area contributed by atoms with Gasteiger partial charge < -0.3 is 10.1 Å². The average Bonchev–Trinajstić information content (AvgIpc) is 2.28. The summed E-state index contributed by atoms with van der Waals surface area (Å²) in [5, 5.41) is 2.65. The maximum Gasteiger partial charge on any atom is 0.257 e. The summed E-state index contributed by atoms with van der Waals surface area (Å²) in [6, 6.07) is 9.19. The van der Waals surface area contributed by atoms with Crippen LogP contribution in [-0.4, -0.2) is 19.1 Å². The molecule has 1 amide bonds. The average molecular weight is 203 g/mol. The molecule has 15 heavy (non-hydrogen) atoms. The Labute approximate surface area is 89.4 Å². The molecule has 0 saturated carbocycles. The predicted molar refractivity (Wildman–Crippen MR) is 58.4 cm³/mol. The van der Waals surface area contributed by atoms with Gasteiger partial charge in [-0.15, -0.1) is 12.3 Å². The molecule has 3 nitrogen and oxygen atoms in total. The van der Waals surface area contributed by atoms with Crippen LogP contribution in [0.2, 0.25) is 0 Å². The fraction of sp³-hybridized carbons (Fsp3) is 0.250. The van der Waals surface area contributed by atoms with Crippen molar-refractivity contribution >= 4 is 5.91 Å². The van der Waals surface area contributed by atoms with Gasteiger partial charge in [0, 0.05) is 13.0 Å². The van der Waals surface area contributed by atoms with Crippen LogP contribution in [0.1, 0.15) is 6.42 Å². The second-order valence-electron chi connectivity index (χ2n) is 2.91. The molecule has 0 aliphatic carbocycles. The van der Waals surface area contributed by atoms with Crippen molar-refractivity contribution in [1.82, 2.24) is 5.32 Å². The number of benzene rings is 1. The zero-order valence-corrected chi connectivity index (χ0v) is 8.40. The number of carbonyl (C=O) groups excluding carboxylic acids is 1. The fourth-order valence-electron chi connectivity index (χ4n) is 0.991. The van der Waals surface area contributed by atoms with E-state index in [9.17, 15) is 4.79 Å². The molecule has 0 heterocycles. The second-order valence-corrected chi connectivity index (χ2v) is 2.91. The zero-order chi connectivity index (χ0) is 10.9. The van der Waals surface area contributed by atoms with Crippen LogP contribution in [0.25, 0.3) is 0 Å². The second kappa shape index (κ2) is 6.50. The first-order chi connectivity index (χ1) is 7.33. The van der Waals surface area contributed by atoms with Gasteiger partial charge in [-0.1, -0.05) is 18.2 Å². The SMILES string of the molecule is C#CCCNC(=O)COc1ccccc1. The number of hydrogen-bond donors (Lipinski definition) is 1. The van der Waals surface area contributed by atoms with Crippen LogP contribution in [0.3, 0.4) is 0 Å². The van der Waals surface area contributed by atoms with Gasteiger partial charge in [0.15, 0.2) is 6.61 Å². The van der Waals surface area contributed by atoms with Crippen molar-refractivity contribution in [1.29, 1.82) is 0 Å². The van der Waals surface area contributed by atoms with Crippen LogP contribution in [0.15, 0.2) is 30.3 Å². The van der Waals surface area contributed by atoms with E-state index < -0.39 is 0 Å². The molecule has 0 aliphatic rings. The molecule has 1 N–H and O–H groups in total. The number of ether oxygens (including phenoxy) is 1. The van der Waals surface area contributed by atoms with E-state index in [2.05, 4.69) is 11.2 Å². The van der Waals surface area contributed by atoms with Gasteiger partial charge in [-0.05, 0) is 12.1 Å². The molecule has 1 aromatic rings. The Morgan fingerprint density at radius 3 is 2.80 bits per heavy atom. The highest BCUT2D eigenvalue weighted by molar-refractivity contribution is 5.77. The summed E-state index contributed by atoms with van der Waals surface area (Å²) in [6.07, 6.45) is 5.59. The lowest BCUT2D eigenvalue weighted by molar-refractivity contribution is -0.123. The fourth-order valence-corrected chi connectivity index (χ4v) is 0.991. The van der Waals surface area contributed by atoms with Gasteiger partial charge in [0.25, 0.3) is 5.91 Å². The molecule has 0 radical (unpaired) electrons. The summed E-state index contributed by atoms with van der Waals surface area (Å²) in [6.45, 7) is 0.516. The summed E-state index contributed by atoms with van der Waals surface area (Å²) in [7, 11) is 0. The van der Waals surface area contributed by atoms with E-state index in [1.54, 1.807) is 12.1 Å². The van der Waals surface area contributed by atoms with Gasteiger partial charge in [-0.25, -0.2) is 0 Å². The molecule has 1 aromatic carbocycles. The Bertz CT molecular complexity index is 340. The highest BCUT2D eigenvalue weighted by atomic mass is 16.5. The molecule has 3 heteroatoms. The number of rotatable bonds is 5. The summed E-state index contributed by atoms with van der Waals surface area (Å²) in [5.74, 6) is 2.97. The van der Waals surface area contributed by atoms with E-state index in [1.807, 2.05) is 18.2 Å². The molecule has 0 saturated heterocycles. The molecular weight excluding hydrogens is 190 g/mol. The molecule has 78 valence electrons. The van der Waals surface area contributed by atoms with Crippen molar-refractivity contribution < 1.29 is 9.53 Å². The highest BCUT2D eigenvalue weighted by Gasteiger charge is 2.00. The number of nitrogens with one attached hydrogen (secondary N) is 1. The molecule has 0 unspecified atom stereocenters. The minimum atomic E-state index is -0.158. The Morgan fingerprint density at radius 1 is 1.40 bits per heavy atom. The van der Waals surface area contributed by atoms with Crippen molar-refractivity contribution in [3.8, 4) is 18.1 Å². The van der Waals surface area contributed by atoms with E-state index >= 15 is 0 Å². The van der Waals surface area contributed by atoms with Crippen LogP contribution in [0.4, 0.5) is 0 Å². The predicted octanol–water partition coefficient (Wildman–Crippen LogP) is 1.20. The largest absolute Gasteiger partial charge is 0.484 e. The van der Waals surface area contributed by atoms with Crippen molar-refractivity contribution in [2.75, 3.05) is 13.2 Å². The Hall–Kier alpha value is -1.95. The van der Waals surface area contributed by atoms with Gasteiger partial charge in [-0.2, -0.15) is 0 Å². The van der Waals surface area contributed by atoms with E-state index in [1.165, 1.54) is 0 Å². The maximum atomic E-state index is 11.2. The third-order valence-corrected chi connectivity index (χ3v) is 1.70. The lowest BCUT2D eigenvalue weighted by Gasteiger charge is -2.05. The monoisotopic (exact) mass is 203 g/mol. The number of hydrogen-bond acceptors (Lipinski definition) is 2. The Balaban J connectivity index is 2.20. The Kier molecular flexibility index (Phi) is 4.82. The van der Waals surface area contributed by atoms with Gasteiger partial charge in [0.2, 0.25) is 0 Å². The molecule has 0 aromatic heterocycles. The number of amides is 1. The van der Waals surface area contributed by atoms with E-state index in [4.69, 9.17) is 11.2 Å². The van der Waals surface area contributed by atoms with Crippen molar-refractivity contribution in [3.05, 3.63) is 30.3 Å². The van der Waals surface area contributed by atoms with E-state index in [-0.39, 0.29) is 12.5 Å². The van der Waals surface area contributed by atoms with Crippen LogP contribution in [0.5, 0.6) is 5.75 Å². The summed E-state index contributed by atoms with van der Waals surface area (Å²) >= 11 is 0. The normalized spacial score (nSPS) is 9.00. The number of terminal acetylenes is 1. The summed E-state index contributed by atoms with van der Waals surface area (Å²) < 4.78 is 5.23. The van der Waals surface area contributed by atoms with Crippen LogP contribution in [-0.2, 0) is 4.79 Å². The Morgan fingerprint density at radius 2 is 2.13 bits per heavy atom. The first-order valence-corrected chi connectivity index (χ1v) is 4.71. The molecule has 0 aliphatic heterocycles. The maximum absolute atomic E-state index is 11.2. The lowest BCUT2D eigenvalue weighted by Crippen LogP contribution is -2.29. The minimum absolute atomic E-state index is 0.0224. The van der Waals surface area contributed by atoms with Crippen molar-refractivity contribution in [2.24, 2.45) is 0 Å². The lowest BCUT2D eigenvalue weighted by atomic mass is 10.3. The molecule has 0 bridgehead atoms. The first-order valence-electron chi connectivity index (χ1n) is 4.71. The van der Waals surface area contributed by atoms with Crippen LogP contribution in [0, 0.1) is 12.3 Å². The molecule has 0 spiro atoms. The van der Waals surface area contributed by atoms with Gasteiger partial charge in [0.1, 0.15) is 5.75 Å².